The molecule has 8 heteroatoms. The molecule has 5 nitrogen and oxygen atoms in total. The molecule has 6 rings (SSSR count). The lowest BCUT2D eigenvalue weighted by Crippen LogP contribution is -2.47. The minimum absolute atomic E-state index is 0.147. The van der Waals surface area contributed by atoms with Gasteiger partial charge in [-0.2, -0.15) is 18.4 Å². The molecule has 0 radical (unpaired) electrons. The van der Waals surface area contributed by atoms with Crippen LogP contribution in [-0.4, -0.2) is 46.4 Å². The first-order valence-corrected chi connectivity index (χ1v) is 13.9. The SMILES string of the molecule is N#Cc1cccc(C2CCN([C@H]3C[C@H]4CCC[C@@]4(C(=O)N4CCc5ncc(C(F)(F)F)cc5C4)C3)CC2)c1. The predicted molar refractivity (Wildman–Crippen MR) is 136 cm³/mol. The quantitative estimate of drug-likeness (QED) is 0.520. The standard InChI is InChI=1S/C30H33F3N4O/c31-30(32,33)25-14-23-19-37(12-8-27(23)35-18-25)28(38)29-9-2-5-24(29)15-26(16-29)36-10-6-21(7-11-36)22-4-1-3-20(13-22)17-34/h1,3-4,13-14,18,21,24,26H,2,5-12,15-16,19H2/t24-,26+,29-/m1/s1. The number of amides is 1. The molecule has 0 spiro atoms. The number of nitrogens with zero attached hydrogens (tertiary/aromatic N) is 4. The van der Waals surface area contributed by atoms with Crippen molar-refractivity contribution in [2.45, 2.75) is 76.0 Å². The molecule has 2 aliphatic heterocycles. The van der Waals surface area contributed by atoms with Gasteiger partial charge in [0.1, 0.15) is 0 Å². The van der Waals surface area contributed by atoms with Crippen LogP contribution in [0.2, 0.25) is 0 Å². The number of alkyl halides is 3. The number of halogens is 3. The summed E-state index contributed by atoms with van der Waals surface area (Å²) in [5, 5.41) is 9.24. The van der Waals surface area contributed by atoms with Crippen molar-refractivity contribution in [2.75, 3.05) is 19.6 Å². The number of carbonyl (C=O) groups is 1. The molecule has 38 heavy (non-hydrogen) atoms. The number of rotatable bonds is 3. The molecular formula is C30H33F3N4O. The highest BCUT2D eigenvalue weighted by Gasteiger charge is 2.57. The average molecular weight is 523 g/mol. The van der Waals surface area contributed by atoms with Gasteiger partial charge in [0.2, 0.25) is 5.91 Å². The number of likely N-dealkylation sites (tertiary alicyclic amines) is 1. The van der Waals surface area contributed by atoms with Gasteiger partial charge in [-0.25, -0.2) is 0 Å². The second kappa shape index (κ2) is 9.68. The minimum atomic E-state index is -4.44. The molecular weight excluding hydrogens is 489 g/mol. The third-order valence-electron chi connectivity index (χ3n) is 9.73. The van der Waals surface area contributed by atoms with Crippen LogP contribution in [-0.2, 0) is 23.9 Å². The van der Waals surface area contributed by atoms with E-state index in [1.807, 2.05) is 23.1 Å². The zero-order valence-corrected chi connectivity index (χ0v) is 21.5. The number of hydrogen-bond donors (Lipinski definition) is 0. The molecule has 1 saturated heterocycles. The molecule has 0 unspecified atom stereocenters. The third kappa shape index (κ3) is 4.49. The molecule has 2 aliphatic carbocycles. The molecule has 3 heterocycles. The van der Waals surface area contributed by atoms with Gasteiger partial charge in [-0.05, 0) is 92.8 Å². The van der Waals surface area contributed by atoms with Gasteiger partial charge in [-0.1, -0.05) is 18.6 Å². The highest BCUT2D eigenvalue weighted by atomic mass is 19.4. The Morgan fingerprint density at radius 3 is 2.71 bits per heavy atom. The lowest BCUT2D eigenvalue weighted by molar-refractivity contribution is -0.144. The van der Waals surface area contributed by atoms with Gasteiger partial charge in [0, 0.05) is 37.4 Å². The summed E-state index contributed by atoms with van der Waals surface area (Å²) in [6.07, 6.45) is 3.96. The number of hydrogen-bond acceptors (Lipinski definition) is 4. The Balaban J connectivity index is 1.13. The number of aromatic nitrogens is 1. The third-order valence-corrected chi connectivity index (χ3v) is 9.73. The summed E-state index contributed by atoms with van der Waals surface area (Å²) >= 11 is 0. The van der Waals surface area contributed by atoms with Gasteiger partial charge in [-0.15, -0.1) is 0 Å². The molecule has 1 aromatic heterocycles. The first-order valence-electron chi connectivity index (χ1n) is 13.9. The summed E-state index contributed by atoms with van der Waals surface area (Å²) in [6.45, 7) is 2.73. The number of nitriles is 1. The fourth-order valence-electron chi connectivity index (χ4n) is 7.77. The summed E-state index contributed by atoms with van der Waals surface area (Å²) < 4.78 is 39.8. The van der Waals surface area contributed by atoms with Crippen LogP contribution in [0, 0.1) is 22.7 Å². The van der Waals surface area contributed by atoms with Crippen molar-refractivity contribution < 1.29 is 18.0 Å². The second-order valence-electron chi connectivity index (χ2n) is 11.7. The molecule has 3 fully saturated rings. The summed E-state index contributed by atoms with van der Waals surface area (Å²) in [5.74, 6) is 0.958. The van der Waals surface area contributed by atoms with Crippen molar-refractivity contribution in [3.63, 3.8) is 0 Å². The van der Waals surface area contributed by atoms with E-state index in [-0.39, 0.29) is 17.9 Å². The molecule has 4 aliphatic rings. The van der Waals surface area contributed by atoms with E-state index < -0.39 is 11.7 Å². The lowest BCUT2D eigenvalue weighted by atomic mass is 9.78. The molecule has 200 valence electrons. The maximum absolute atomic E-state index is 14.1. The van der Waals surface area contributed by atoms with Crippen molar-refractivity contribution in [1.82, 2.24) is 14.8 Å². The normalized spacial score (nSPS) is 28.1. The Labute approximate surface area is 221 Å². The fourth-order valence-corrected chi connectivity index (χ4v) is 7.77. The Morgan fingerprint density at radius 1 is 1.13 bits per heavy atom. The van der Waals surface area contributed by atoms with E-state index in [4.69, 9.17) is 0 Å². The van der Waals surface area contributed by atoms with Gasteiger partial charge in [0.05, 0.1) is 22.6 Å². The Hall–Kier alpha value is -2.92. The Bertz CT molecular complexity index is 1260. The summed E-state index contributed by atoms with van der Waals surface area (Å²) in [6, 6.07) is 11.7. The number of carbonyl (C=O) groups excluding carboxylic acids is 1. The van der Waals surface area contributed by atoms with E-state index in [0.29, 0.717) is 47.7 Å². The van der Waals surface area contributed by atoms with Crippen molar-refractivity contribution in [3.05, 3.63) is 64.5 Å². The van der Waals surface area contributed by atoms with Gasteiger partial charge in [0.25, 0.3) is 0 Å². The first kappa shape index (κ1) is 25.4. The van der Waals surface area contributed by atoms with Crippen LogP contribution in [0.1, 0.15) is 78.8 Å². The number of fused-ring (bicyclic) bond motifs is 2. The van der Waals surface area contributed by atoms with Crippen LogP contribution >= 0.6 is 0 Å². The topological polar surface area (TPSA) is 60.2 Å². The largest absolute Gasteiger partial charge is 0.417 e. The van der Waals surface area contributed by atoms with Crippen LogP contribution in [0.4, 0.5) is 13.2 Å². The van der Waals surface area contributed by atoms with Crippen molar-refractivity contribution in [2.24, 2.45) is 11.3 Å². The first-order chi connectivity index (χ1) is 18.3. The highest BCUT2D eigenvalue weighted by Crippen LogP contribution is 2.57. The van der Waals surface area contributed by atoms with Crippen LogP contribution in [0.5, 0.6) is 0 Å². The number of piperidine rings is 1. The molecule has 0 bridgehead atoms. The molecule has 2 aromatic rings. The molecule has 0 N–H and O–H groups in total. The van der Waals surface area contributed by atoms with Gasteiger partial charge in [0.15, 0.2) is 0 Å². The summed E-state index contributed by atoms with van der Waals surface area (Å²) in [4.78, 5) is 22.5. The van der Waals surface area contributed by atoms with E-state index in [0.717, 1.165) is 64.2 Å². The number of pyridine rings is 1. The maximum atomic E-state index is 14.1. The van der Waals surface area contributed by atoms with Crippen LogP contribution in [0.3, 0.4) is 0 Å². The van der Waals surface area contributed by atoms with Crippen LogP contribution in [0.15, 0.2) is 36.5 Å². The lowest BCUT2D eigenvalue weighted by Gasteiger charge is -2.39. The van der Waals surface area contributed by atoms with Gasteiger partial charge >= 0.3 is 6.18 Å². The average Bonchev–Trinajstić information content (AvgIpc) is 3.50. The Morgan fingerprint density at radius 2 is 1.95 bits per heavy atom. The van der Waals surface area contributed by atoms with Crippen LogP contribution < -0.4 is 0 Å². The fraction of sp³-hybridized carbons (Fsp3) is 0.567. The maximum Gasteiger partial charge on any atom is 0.417 e. The minimum Gasteiger partial charge on any atom is -0.337 e. The zero-order valence-electron chi connectivity index (χ0n) is 21.5. The van der Waals surface area contributed by atoms with E-state index >= 15 is 0 Å². The molecule has 1 amide bonds. The molecule has 2 saturated carbocycles. The highest BCUT2D eigenvalue weighted by molar-refractivity contribution is 5.84. The number of benzene rings is 1. The van der Waals surface area contributed by atoms with Gasteiger partial charge in [-0.3, -0.25) is 9.78 Å². The summed E-state index contributed by atoms with van der Waals surface area (Å²) in [7, 11) is 0. The van der Waals surface area contributed by atoms with Crippen molar-refractivity contribution >= 4 is 5.91 Å². The van der Waals surface area contributed by atoms with Crippen molar-refractivity contribution in [1.29, 1.82) is 5.26 Å². The summed E-state index contributed by atoms with van der Waals surface area (Å²) in [5.41, 5.74) is 2.03. The van der Waals surface area contributed by atoms with Crippen LogP contribution in [0.25, 0.3) is 0 Å². The van der Waals surface area contributed by atoms with Gasteiger partial charge < -0.3 is 9.80 Å². The zero-order chi connectivity index (χ0) is 26.5. The molecule has 1 aromatic carbocycles. The second-order valence-corrected chi connectivity index (χ2v) is 11.7. The smallest absolute Gasteiger partial charge is 0.337 e. The Kier molecular flexibility index (Phi) is 6.46. The van der Waals surface area contributed by atoms with Crippen molar-refractivity contribution in [3.8, 4) is 6.07 Å². The molecule has 3 atom stereocenters. The van der Waals surface area contributed by atoms with E-state index in [2.05, 4.69) is 22.0 Å². The predicted octanol–water partition coefficient (Wildman–Crippen LogP) is 5.69. The van der Waals surface area contributed by atoms with E-state index in [1.165, 1.54) is 11.6 Å². The van der Waals surface area contributed by atoms with E-state index in [9.17, 15) is 23.2 Å². The van der Waals surface area contributed by atoms with E-state index in [1.54, 1.807) is 0 Å². The monoisotopic (exact) mass is 522 g/mol.